The van der Waals surface area contributed by atoms with E-state index in [0.29, 0.717) is 6.61 Å². The Hall–Kier alpha value is -1.36. The maximum atomic E-state index is 5.55. The molecule has 0 aromatic rings. The van der Waals surface area contributed by atoms with Crippen LogP contribution in [0.1, 0.15) is 12.8 Å². The average Bonchev–Trinajstić information content (AvgIpc) is 2.01. The zero-order valence-corrected chi connectivity index (χ0v) is 6.34. The molecule has 0 fully saturated rings. The molecule has 2 nitrogen and oxygen atoms in total. The number of hydrogen-bond donors (Lipinski definition) is 1. The maximum Gasteiger partial charge on any atom is 0.148 e. The van der Waals surface area contributed by atoms with Gasteiger partial charge in [0.2, 0.25) is 0 Å². The Morgan fingerprint density at radius 1 is 1.73 bits per heavy atom. The number of terminal acetylenes is 1. The molecule has 0 bridgehead atoms. The van der Waals surface area contributed by atoms with Gasteiger partial charge in [0.05, 0.1) is 5.76 Å². The van der Waals surface area contributed by atoms with Crippen molar-refractivity contribution in [3.8, 4) is 12.3 Å². The van der Waals surface area contributed by atoms with Crippen molar-refractivity contribution in [2.75, 3.05) is 6.61 Å². The molecule has 1 aliphatic rings. The molecule has 2 N–H and O–H groups in total. The third kappa shape index (κ3) is 2.38. The summed E-state index contributed by atoms with van der Waals surface area (Å²) < 4.78 is 5.21. The van der Waals surface area contributed by atoms with Gasteiger partial charge in [0.1, 0.15) is 6.61 Å². The van der Waals surface area contributed by atoms with Gasteiger partial charge in [-0.15, -0.1) is 6.42 Å². The molecular weight excluding hydrogens is 138 g/mol. The van der Waals surface area contributed by atoms with Crippen LogP contribution in [0.5, 0.6) is 0 Å². The Balaban J connectivity index is 2.46. The molecule has 0 unspecified atom stereocenters. The summed E-state index contributed by atoms with van der Waals surface area (Å²) >= 11 is 0. The van der Waals surface area contributed by atoms with Gasteiger partial charge in [0.15, 0.2) is 0 Å². The van der Waals surface area contributed by atoms with Crippen LogP contribution in [0.4, 0.5) is 0 Å². The standard InChI is InChI=1S/C9H11NO/c1-2-6-11-9-5-3-4-8(10)7-9/h1,4,7H,3,5-6,10H2. The third-order valence-electron chi connectivity index (χ3n) is 1.44. The average molecular weight is 149 g/mol. The van der Waals surface area contributed by atoms with Crippen LogP contribution in [0.25, 0.3) is 0 Å². The van der Waals surface area contributed by atoms with Gasteiger partial charge in [-0.1, -0.05) is 12.0 Å². The van der Waals surface area contributed by atoms with E-state index in [-0.39, 0.29) is 0 Å². The van der Waals surface area contributed by atoms with Crippen molar-refractivity contribution < 1.29 is 4.74 Å². The molecule has 0 radical (unpaired) electrons. The van der Waals surface area contributed by atoms with E-state index >= 15 is 0 Å². The van der Waals surface area contributed by atoms with E-state index in [4.69, 9.17) is 16.9 Å². The lowest BCUT2D eigenvalue weighted by Crippen LogP contribution is -2.02. The summed E-state index contributed by atoms with van der Waals surface area (Å²) in [5.74, 6) is 3.30. The van der Waals surface area contributed by atoms with Crippen molar-refractivity contribution in [2.24, 2.45) is 5.73 Å². The lowest BCUT2D eigenvalue weighted by atomic mass is 10.1. The fourth-order valence-electron chi connectivity index (χ4n) is 0.946. The lowest BCUT2D eigenvalue weighted by Gasteiger charge is -2.10. The third-order valence-corrected chi connectivity index (χ3v) is 1.44. The first-order valence-corrected chi connectivity index (χ1v) is 3.55. The summed E-state index contributed by atoms with van der Waals surface area (Å²) in [6.45, 7) is 0.332. The summed E-state index contributed by atoms with van der Waals surface area (Å²) in [5.41, 5.74) is 6.32. The Morgan fingerprint density at radius 2 is 2.55 bits per heavy atom. The van der Waals surface area contributed by atoms with Crippen LogP contribution in [0, 0.1) is 12.3 Å². The Bertz CT molecular complexity index is 232. The molecular formula is C9H11NO. The monoisotopic (exact) mass is 149 g/mol. The van der Waals surface area contributed by atoms with Gasteiger partial charge in [0.25, 0.3) is 0 Å². The predicted octanol–water partition coefficient (Wildman–Crippen LogP) is 1.16. The Labute approximate surface area is 66.7 Å². The molecule has 0 amide bonds. The van der Waals surface area contributed by atoms with Crippen LogP contribution < -0.4 is 5.73 Å². The highest BCUT2D eigenvalue weighted by Gasteiger charge is 2.02. The molecule has 0 aliphatic heterocycles. The normalized spacial score (nSPS) is 16.3. The minimum atomic E-state index is 0.332. The first-order chi connectivity index (χ1) is 5.33. The highest BCUT2D eigenvalue weighted by atomic mass is 16.5. The molecule has 2 heteroatoms. The zero-order chi connectivity index (χ0) is 8.10. The van der Waals surface area contributed by atoms with Crippen molar-refractivity contribution in [1.82, 2.24) is 0 Å². The Kier molecular flexibility index (Phi) is 2.62. The van der Waals surface area contributed by atoms with Crippen molar-refractivity contribution in [1.29, 1.82) is 0 Å². The molecule has 0 saturated carbocycles. The largest absolute Gasteiger partial charge is 0.485 e. The molecule has 1 rings (SSSR count). The van der Waals surface area contributed by atoms with Crippen molar-refractivity contribution in [2.45, 2.75) is 12.8 Å². The van der Waals surface area contributed by atoms with E-state index in [1.54, 1.807) is 0 Å². The first kappa shape index (κ1) is 7.74. The van der Waals surface area contributed by atoms with Gasteiger partial charge in [-0.05, 0) is 12.5 Å². The van der Waals surface area contributed by atoms with Gasteiger partial charge in [-0.25, -0.2) is 0 Å². The molecule has 0 saturated heterocycles. The second-order valence-electron chi connectivity index (χ2n) is 2.35. The van der Waals surface area contributed by atoms with E-state index in [1.165, 1.54) is 0 Å². The molecule has 0 aromatic heterocycles. The number of ether oxygens (including phenoxy) is 1. The highest BCUT2D eigenvalue weighted by molar-refractivity contribution is 5.22. The second-order valence-corrected chi connectivity index (χ2v) is 2.35. The van der Waals surface area contributed by atoms with Crippen molar-refractivity contribution in [3.05, 3.63) is 23.6 Å². The van der Waals surface area contributed by atoms with Crippen LogP contribution in [0.3, 0.4) is 0 Å². The van der Waals surface area contributed by atoms with Gasteiger partial charge in [-0.2, -0.15) is 0 Å². The van der Waals surface area contributed by atoms with E-state index in [9.17, 15) is 0 Å². The minimum Gasteiger partial charge on any atom is -0.485 e. The van der Waals surface area contributed by atoms with Gasteiger partial charge in [-0.3, -0.25) is 0 Å². The maximum absolute atomic E-state index is 5.55. The highest BCUT2D eigenvalue weighted by Crippen LogP contribution is 2.14. The quantitative estimate of drug-likeness (QED) is 0.598. The topological polar surface area (TPSA) is 35.2 Å². The number of hydrogen-bond acceptors (Lipinski definition) is 2. The summed E-state index contributed by atoms with van der Waals surface area (Å²) in [6, 6.07) is 0. The van der Waals surface area contributed by atoms with Crippen LogP contribution in [0.15, 0.2) is 23.6 Å². The van der Waals surface area contributed by atoms with E-state index < -0.39 is 0 Å². The number of rotatable bonds is 2. The molecule has 1 aliphatic carbocycles. The Morgan fingerprint density at radius 3 is 3.18 bits per heavy atom. The second kappa shape index (κ2) is 3.72. The summed E-state index contributed by atoms with van der Waals surface area (Å²) in [7, 11) is 0. The summed E-state index contributed by atoms with van der Waals surface area (Å²) in [4.78, 5) is 0. The number of nitrogens with two attached hydrogens (primary N) is 1. The SMILES string of the molecule is C#CCOC1=CC(N)=CCC1. The molecule has 0 atom stereocenters. The fraction of sp³-hybridized carbons (Fsp3) is 0.333. The molecule has 11 heavy (non-hydrogen) atoms. The molecule has 0 spiro atoms. The van der Waals surface area contributed by atoms with Crippen LogP contribution in [-0.4, -0.2) is 6.61 Å². The van der Waals surface area contributed by atoms with Gasteiger partial charge >= 0.3 is 0 Å². The van der Waals surface area contributed by atoms with Crippen LogP contribution in [0.2, 0.25) is 0 Å². The first-order valence-electron chi connectivity index (χ1n) is 3.55. The molecule has 0 aromatic carbocycles. The van der Waals surface area contributed by atoms with Gasteiger partial charge < -0.3 is 10.5 Å². The smallest absolute Gasteiger partial charge is 0.148 e. The van der Waals surface area contributed by atoms with Crippen LogP contribution in [-0.2, 0) is 4.74 Å². The van der Waals surface area contributed by atoms with Crippen molar-refractivity contribution >= 4 is 0 Å². The number of allylic oxidation sites excluding steroid dienone is 3. The molecule has 0 heterocycles. The lowest BCUT2D eigenvalue weighted by molar-refractivity contribution is 0.240. The molecule has 58 valence electrons. The van der Waals surface area contributed by atoms with Gasteiger partial charge in [0, 0.05) is 12.1 Å². The van der Waals surface area contributed by atoms with Crippen molar-refractivity contribution in [3.63, 3.8) is 0 Å². The summed E-state index contributed by atoms with van der Waals surface area (Å²) in [5, 5.41) is 0. The minimum absolute atomic E-state index is 0.332. The van der Waals surface area contributed by atoms with Crippen LogP contribution >= 0.6 is 0 Å². The van der Waals surface area contributed by atoms with E-state index in [0.717, 1.165) is 24.3 Å². The fourth-order valence-corrected chi connectivity index (χ4v) is 0.946. The predicted molar refractivity (Wildman–Crippen MR) is 44.4 cm³/mol. The van der Waals surface area contributed by atoms with E-state index in [2.05, 4.69) is 5.92 Å². The summed E-state index contributed by atoms with van der Waals surface area (Å²) in [6.07, 6.45) is 10.7. The van der Waals surface area contributed by atoms with E-state index in [1.807, 2.05) is 12.2 Å². The zero-order valence-electron chi connectivity index (χ0n) is 6.34.